The summed E-state index contributed by atoms with van der Waals surface area (Å²) in [6.45, 7) is 11.5. The lowest BCUT2D eigenvalue weighted by molar-refractivity contribution is -0.141. The van der Waals surface area contributed by atoms with Crippen molar-refractivity contribution in [2.45, 2.75) is 58.3 Å². The van der Waals surface area contributed by atoms with Crippen LogP contribution in [-0.2, 0) is 4.74 Å². The SMILES string of the molecule is CCC(CC)N1CC(CN)OC(C)(C)C1. The van der Waals surface area contributed by atoms with Gasteiger partial charge >= 0.3 is 0 Å². The molecule has 0 bridgehead atoms. The van der Waals surface area contributed by atoms with E-state index < -0.39 is 0 Å². The fraction of sp³-hybridized carbons (Fsp3) is 1.00. The molecule has 0 aromatic carbocycles. The van der Waals surface area contributed by atoms with E-state index in [0.717, 1.165) is 13.1 Å². The lowest BCUT2D eigenvalue weighted by atomic mass is 10.0. The van der Waals surface area contributed by atoms with Gasteiger partial charge in [-0.1, -0.05) is 13.8 Å². The van der Waals surface area contributed by atoms with Gasteiger partial charge in [-0.05, 0) is 26.7 Å². The number of hydrogen-bond acceptors (Lipinski definition) is 3. The number of rotatable bonds is 4. The van der Waals surface area contributed by atoms with Gasteiger partial charge in [-0.15, -0.1) is 0 Å². The summed E-state index contributed by atoms with van der Waals surface area (Å²) in [5, 5.41) is 0. The normalized spacial score (nSPS) is 27.2. The Labute approximate surface area is 94.0 Å². The Balaban J connectivity index is 2.64. The van der Waals surface area contributed by atoms with Crippen LogP contribution in [0.1, 0.15) is 40.5 Å². The summed E-state index contributed by atoms with van der Waals surface area (Å²) in [6.07, 6.45) is 2.63. The molecule has 0 saturated carbocycles. The smallest absolute Gasteiger partial charge is 0.0831 e. The Morgan fingerprint density at radius 2 is 2.00 bits per heavy atom. The molecule has 90 valence electrons. The van der Waals surface area contributed by atoms with Gasteiger partial charge < -0.3 is 10.5 Å². The van der Waals surface area contributed by atoms with Gasteiger partial charge in [-0.3, -0.25) is 4.90 Å². The second kappa shape index (κ2) is 5.28. The molecule has 0 aliphatic carbocycles. The van der Waals surface area contributed by atoms with Gasteiger partial charge in [0.15, 0.2) is 0 Å². The minimum Gasteiger partial charge on any atom is -0.368 e. The van der Waals surface area contributed by atoms with Crippen molar-refractivity contribution in [1.82, 2.24) is 4.90 Å². The standard InChI is InChI=1S/C12H26N2O/c1-5-10(6-2)14-8-11(7-13)15-12(3,4)9-14/h10-11H,5-9,13H2,1-4H3. The van der Waals surface area contributed by atoms with E-state index in [1.807, 2.05) is 0 Å². The molecule has 0 radical (unpaired) electrons. The molecule has 0 amide bonds. The van der Waals surface area contributed by atoms with Crippen LogP contribution in [0, 0.1) is 0 Å². The first-order valence-corrected chi connectivity index (χ1v) is 6.14. The molecule has 0 aromatic rings. The van der Waals surface area contributed by atoms with Crippen LogP contribution >= 0.6 is 0 Å². The van der Waals surface area contributed by atoms with E-state index in [1.54, 1.807) is 0 Å². The average molecular weight is 214 g/mol. The number of nitrogens with two attached hydrogens (primary N) is 1. The van der Waals surface area contributed by atoms with Crippen LogP contribution in [-0.4, -0.2) is 42.3 Å². The van der Waals surface area contributed by atoms with Crippen molar-refractivity contribution < 1.29 is 4.74 Å². The fourth-order valence-corrected chi connectivity index (χ4v) is 2.55. The molecule has 3 nitrogen and oxygen atoms in total. The molecule has 1 saturated heterocycles. The first-order chi connectivity index (χ1) is 7.02. The Bertz CT molecular complexity index is 190. The van der Waals surface area contributed by atoms with Crippen LogP contribution in [0.2, 0.25) is 0 Å². The first kappa shape index (κ1) is 12.9. The zero-order valence-electron chi connectivity index (χ0n) is 10.6. The molecule has 1 unspecified atom stereocenters. The Kier molecular flexibility index (Phi) is 4.56. The summed E-state index contributed by atoms with van der Waals surface area (Å²) in [5.41, 5.74) is 5.67. The van der Waals surface area contributed by atoms with Crippen LogP contribution in [0.4, 0.5) is 0 Å². The van der Waals surface area contributed by atoms with Gasteiger partial charge in [0, 0.05) is 25.7 Å². The lowest BCUT2D eigenvalue weighted by Crippen LogP contribution is -2.57. The van der Waals surface area contributed by atoms with Gasteiger partial charge in [0.1, 0.15) is 0 Å². The van der Waals surface area contributed by atoms with Crippen molar-refractivity contribution in [1.29, 1.82) is 0 Å². The number of ether oxygens (including phenoxy) is 1. The molecule has 1 heterocycles. The van der Waals surface area contributed by atoms with Gasteiger partial charge in [0.05, 0.1) is 11.7 Å². The third kappa shape index (κ3) is 3.44. The molecule has 3 heteroatoms. The van der Waals surface area contributed by atoms with Crippen LogP contribution in [0.5, 0.6) is 0 Å². The summed E-state index contributed by atoms with van der Waals surface area (Å²) in [6, 6.07) is 0.683. The Morgan fingerprint density at radius 3 is 2.47 bits per heavy atom. The molecule has 0 aromatic heterocycles. The minimum absolute atomic E-state index is 0.0507. The van der Waals surface area contributed by atoms with Crippen LogP contribution in [0.15, 0.2) is 0 Å². The topological polar surface area (TPSA) is 38.5 Å². The van der Waals surface area contributed by atoms with E-state index in [9.17, 15) is 0 Å². The summed E-state index contributed by atoms with van der Waals surface area (Å²) >= 11 is 0. The van der Waals surface area contributed by atoms with Crippen LogP contribution in [0.25, 0.3) is 0 Å². The van der Waals surface area contributed by atoms with Crippen molar-refractivity contribution in [3.63, 3.8) is 0 Å². The Hall–Kier alpha value is -0.120. The zero-order valence-corrected chi connectivity index (χ0v) is 10.6. The van der Waals surface area contributed by atoms with Gasteiger partial charge in [-0.2, -0.15) is 0 Å². The quantitative estimate of drug-likeness (QED) is 0.773. The highest BCUT2D eigenvalue weighted by molar-refractivity contribution is 4.87. The maximum Gasteiger partial charge on any atom is 0.0831 e. The molecular weight excluding hydrogens is 188 g/mol. The summed E-state index contributed by atoms with van der Waals surface area (Å²) in [5.74, 6) is 0. The molecule has 1 rings (SSSR count). The van der Waals surface area contributed by atoms with Crippen LogP contribution in [0.3, 0.4) is 0 Å². The van der Waals surface area contributed by atoms with Gasteiger partial charge in [0.25, 0.3) is 0 Å². The summed E-state index contributed by atoms with van der Waals surface area (Å²) < 4.78 is 5.93. The van der Waals surface area contributed by atoms with Gasteiger partial charge in [0.2, 0.25) is 0 Å². The molecule has 1 atom stereocenters. The van der Waals surface area contributed by atoms with E-state index in [2.05, 4.69) is 32.6 Å². The van der Waals surface area contributed by atoms with E-state index in [0.29, 0.717) is 12.6 Å². The lowest BCUT2D eigenvalue weighted by Gasteiger charge is -2.45. The monoisotopic (exact) mass is 214 g/mol. The molecule has 1 aliphatic heterocycles. The molecular formula is C12H26N2O. The second-order valence-corrected chi connectivity index (χ2v) is 5.14. The molecule has 15 heavy (non-hydrogen) atoms. The molecule has 1 aliphatic rings. The minimum atomic E-state index is -0.0507. The molecule has 2 N–H and O–H groups in total. The number of hydrogen-bond donors (Lipinski definition) is 1. The highest BCUT2D eigenvalue weighted by atomic mass is 16.5. The number of morpholine rings is 1. The highest BCUT2D eigenvalue weighted by Crippen LogP contribution is 2.24. The predicted octanol–water partition coefficient (Wildman–Crippen LogP) is 1.61. The van der Waals surface area contributed by atoms with E-state index >= 15 is 0 Å². The van der Waals surface area contributed by atoms with Crippen molar-refractivity contribution in [2.24, 2.45) is 5.73 Å². The second-order valence-electron chi connectivity index (χ2n) is 5.14. The average Bonchev–Trinajstić information content (AvgIpc) is 2.17. The van der Waals surface area contributed by atoms with Crippen molar-refractivity contribution in [3.8, 4) is 0 Å². The predicted molar refractivity (Wildman–Crippen MR) is 63.9 cm³/mol. The van der Waals surface area contributed by atoms with Gasteiger partial charge in [-0.25, -0.2) is 0 Å². The molecule has 1 fully saturated rings. The van der Waals surface area contributed by atoms with Crippen molar-refractivity contribution in [2.75, 3.05) is 19.6 Å². The van der Waals surface area contributed by atoms with Crippen molar-refractivity contribution in [3.05, 3.63) is 0 Å². The summed E-state index contributed by atoms with van der Waals surface area (Å²) in [4.78, 5) is 2.54. The van der Waals surface area contributed by atoms with Crippen LogP contribution < -0.4 is 5.73 Å². The Morgan fingerprint density at radius 1 is 1.40 bits per heavy atom. The molecule has 0 spiro atoms. The van der Waals surface area contributed by atoms with E-state index in [-0.39, 0.29) is 11.7 Å². The van der Waals surface area contributed by atoms with E-state index in [1.165, 1.54) is 12.8 Å². The maximum atomic E-state index is 5.93. The summed E-state index contributed by atoms with van der Waals surface area (Å²) in [7, 11) is 0. The largest absolute Gasteiger partial charge is 0.368 e. The fourth-order valence-electron chi connectivity index (χ4n) is 2.55. The first-order valence-electron chi connectivity index (χ1n) is 6.14. The highest BCUT2D eigenvalue weighted by Gasteiger charge is 2.34. The third-order valence-electron chi connectivity index (χ3n) is 3.23. The zero-order chi connectivity index (χ0) is 11.5. The third-order valence-corrected chi connectivity index (χ3v) is 3.23. The maximum absolute atomic E-state index is 5.93. The number of nitrogens with zero attached hydrogens (tertiary/aromatic N) is 1. The van der Waals surface area contributed by atoms with E-state index in [4.69, 9.17) is 10.5 Å². The van der Waals surface area contributed by atoms with Crippen molar-refractivity contribution >= 4 is 0 Å².